The topological polar surface area (TPSA) is 37.3 Å². The van der Waals surface area contributed by atoms with Crippen LogP contribution in [0.1, 0.15) is 38.5 Å². The Hall–Kier alpha value is -0.790. The highest BCUT2D eigenvalue weighted by molar-refractivity contribution is 5.81. The van der Waals surface area contributed by atoms with Crippen LogP contribution in [0.3, 0.4) is 0 Å². The van der Waals surface area contributed by atoms with E-state index in [1.165, 1.54) is 0 Å². The molecule has 0 aromatic heterocycles. The highest BCUT2D eigenvalue weighted by atomic mass is 19.4. The molecule has 3 atom stereocenters. The van der Waals surface area contributed by atoms with Crippen LogP contribution in [0, 0.1) is 17.8 Å². The lowest BCUT2D eigenvalue weighted by Gasteiger charge is -2.32. The summed E-state index contributed by atoms with van der Waals surface area (Å²) in [4.78, 5) is 11.9. The van der Waals surface area contributed by atoms with Crippen LogP contribution >= 0.6 is 0 Å². The number of carbonyl (C=O) groups excluding carboxylic acids is 1. The summed E-state index contributed by atoms with van der Waals surface area (Å²) in [7, 11) is 0. The average Bonchev–Trinajstić information content (AvgIpc) is 2.94. The van der Waals surface area contributed by atoms with Crippen LogP contribution < -0.4 is 0 Å². The van der Waals surface area contributed by atoms with Crippen molar-refractivity contribution in [3.05, 3.63) is 0 Å². The molecule has 0 spiro atoms. The molecule has 0 aromatic rings. The molecule has 2 saturated carbocycles. The van der Waals surface area contributed by atoms with Crippen molar-refractivity contribution >= 4 is 5.78 Å². The van der Waals surface area contributed by atoms with Gasteiger partial charge in [-0.25, -0.2) is 0 Å². The fourth-order valence-corrected chi connectivity index (χ4v) is 3.57. The molecule has 122 valence electrons. The number of aliphatic hydroxyl groups is 1. The second-order valence-corrected chi connectivity index (χ2v) is 6.10. The molecule has 2 aliphatic rings. The Morgan fingerprint density at radius 1 is 1.00 bits per heavy atom. The second-order valence-electron chi connectivity index (χ2n) is 6.10. The molecule has 2 aliphatic carbocycles. The van der Waals surface area contributed by atoms with Gasteiger partial charge in [-0.2, -0.15) is 26.3 Å². The number of Topliss-reactive ketones (excluding diaryl/α,β-unsaturated/α-hetero) is 1. The number of hydrogen-bond donors (Lipinski definition) is 1. The van der Waals surface area contributed by atoms with Crippen molar-refractivity contribution in [2.45, 2.75) is 56.5 Å². The van der Waals surface area contributed by atoms with E-state index < -0.39 is 42.5 Å². The quantitative estimate of drug-likeness (QED) is 0.804. The predicted molar refractivity (Wildman–Crippen MR) is 60.2 cm³/mol. The van der Waals surface area contributed by atoms with Gasteiger partial charge in [0.05, 0.1) is 0 Å². The third kappa shape index (κ3) is 2.91. The maximum atomic E-state index is 12.5. The van der Waals surface area contributed by atoms with Crippen molar-refractivity contribution in [3.63, 3.8) is 0 Å². The fraction of sp³-hybridized carbons (Fsp3) is 0.923. The van der Waals surface area contributed by atoms with Gasteiger partial charge in [0.25, 0.3) is 5.60 Å². The summed E-state index contributed by atoms with van der Waals surface area (Å²) < 4.78 is 75.0. The summed E-state index contributed by atoms with van der Waals surface area (Å²) in [5, 5.41) is 9.01. The Bertz CT molecular complexity index is 400. The van der Waals surface area contributed by atoms with Gasteiger partial charge in [0.15, 0.2) is 0 Å². The van der Waals surface area contributed by atoms with Gasteiger partial charge >= 0.3 is 12.4 Å². The molecule has 3 unspecified atom stereocenters. The van der Waals surface area contributed by atoms with Crippen LogP contribution in [0.5, 0.6) is 0 Å². The van der Waals surface area contributed by atoms with Crippen LogP contribution in [-0.2, 0) is 4.79 Å². The van der Waals surface area contributed by atoms with E-state index in [0.717, 1.165) is 19.3 Å². The van der Waals surface area contributed by atoms with Gasteiger partial charge in [0.1, 0.15) is 5.78 Å². The molecular weight excluding hydrogens is 302 g/mol. The lowest BCUT2D eigenvalue weighted by Crippen LogP contribution is -2.57. The first-order valence-corrected chi connectivity index (χ1v) is 6.84. The minimum atomic E-state index is -5.85. The van der Waals surface area contributed by atoms with Gasteiger partial charge in [-0.3, -0.25) is 4.79 Å². The van der Waals surface area contributed by atoms with Gasteiger partial charge < -0.3 is 5.11 Å². The Morgan fingerprint density at radius 2 is 1.57 bits per heavy atom. The van der Waals surface area contributed by atoms with Crippen molar-refractivity contribution in [2.24, 2.45) is 17.8 Å². The van der Waals surface area contributed by atoms with E-state index in [1.54, 1.807) is 0 Å². The molecule has 0 amide bonds. The predicted octanol–water partition coefficient (Wildman–Crippen LogP) is 3.63. The summed E-state index contributed by atoms with van der Waals surface area (Å²) in [5.74, 6) is -0.566. The molecule has 2 bridgehead atoms. The fourth-order valence-electron chi connectivity index (χ4n) is 3.57. The summed E-state index contributed by atoms with van der Waals surface area (Å²) in [6.07, 6.45) is -11.1. The summed E-state index contributed by atoms with van der Waals surface area (Å²) >= 11 is 0. The largest absolute Gasteiger partial charge is 0.426 e. The van der Waals surface area contributed by atoms with E-state index in [-0.39, 0.29) is 5.92 Å². The van der Waals surface area contributed by atoms with Crippen molar-refractivity contribution in [1.82, 2.24) is 0 Å². The average molecular weight is 318 g/mol. The molecule has 0 heterocycles. The Kier molecular flexibility index (Phi) is 4.06. The minimum Gasteiger partial charge on any atom is -0.374 e. The van der Waals surface area contributed by atoms with Gasteiger partial charge in [0.2, 0.25) is 0 Å². The summed E-state index contributed by atoms with van der Waals surface area (Å²) in [6.45, 7) is 0. The Morgan fingerprint density at radius 3 is 1.95 bits per heavy atom. The Labute approximate surface area is 117 Å². The molecule has 2 fully saturated rings. The third-order valence-corrected chi connectivity index (χ3v) is 4.82. The lowest BCUT2D eigenvalue weighted by atomic mass is 9.82. The highest BCUT2D eigenvalue weighted by Crippen LogP contribution is 2.50. The second kappa shape index (κ2) is 5.14. The first-order chi connectivity index (χ1) is 9.46. The van der Waals surface area contributed by atoms with E-state index in [0.29, 0.717) is 12.3 Å². The van der Waals surface area contributed by atoms with Gasteiger partial charge in [-0.15, -0.1) is 0 Å². The number of fused-ring (bicyclic) bond motifs is 2. The normalized spacial score (nSPS) is 30.0. The van der Waals surface area contributed by atoms with E-state index in [1.807, 2.05) is 0 Å². The molecule has 0 saturated heterocycles. The first-order valence-electron chi connectivity index (χ1n) is 6.84. The molecular formula is C13H16F6O2. The van der Waals surface area contributed by atoms with Crippen LogP contribution in [0.2, 0.25) is 0 Å². The SMILES string of the molecule is O=C(CCC(O)(C(F)(F)F)C(F)(F)F)C1CC2CCC1C2. The van der Waals surface area contributed by atoms with E-state index in [4.69, 9.17) is 5.11 Å². The van der Waals surface area contributed by atoms with Crippen LogP contribution in [0.4, 0.5) is 26.3 Å². The van der Waals surface area contributed by atoms with E-state index in [2.05, 4.69) is 0 Å². The number of carbonyl (C=O) groups is 1. The number of rotatable bonds is 4. The third-order valence-electron chi connectivity index (χ3n) is 4.82. The van der Waals surface area contributed by atoms with Gasteiger partial charge in [0, 0.05) is 18.8 Å². The molecule has 8 heteroatoms. The van der Waals surface area contributed by atoms with Crippen LogP contribution in [-0.4, -0.2) is 28.8 Å². The maximum Gasteiger partial charge on any atom is 0.426 e. The lowest BCUT2D eigenvalue weighted by molar-refractivity contribution is -0.369. The number of halogens is 6. The standard InChI is InChI=1S/C13H16F6O2/c14-12(15,16)11(21,13(17,18)19)4-3-10(20)9-6-7-1-2-8(9)5-7/h7-9,21H,1-6H2. The van der Waals surface area contributed by atoms with Crippen molar-refractivity contribution < 1.29 is 36.2 Å². The molecule has 0 aromatic carbocycles. The number of ketones is 1. The van der Waals surface area contributed by atoms with E-state index in [9.17, 15) is 31.1 Å². The zero-order valence-electron chi connectivity index (χ0n) is 11.1. The summed E-state index contributed by atoms with van der Waals surface area (Å²) in [5.41, 5.74) is -4.81. The Balaban J connectivity index is 2.01. The monoisotopic (exact) mass is 318 g/mol. The first kappa shape index (κ1) is 16.6. The highest BCUT2D eigenvalue weighted by Gasteiger charge is 2.69. The van der Waals surface area contributed by atoms with Crippen molar-refractivity contribution in [3.8, 4) is 0 Å². The molecule has 21 heavy (non-hydrogen) atoms. The van der Waals surface area contributed by atoms with Gasteiger partial charge in [-0.05, 0) is 31.1 Å². The number of hydrogen-bond acceptors (Lipinski definition) is 2. The van der Waals surface area contributed by atoms with Crippen LogP contribution in [0.15, 0.2) is 0 Å². The van der Waals surface area contributed by atoms with Gasteiger partial charge in [-0.1, -0.05) is 6.42 Å². The molecule has 2 nitrogen and oxygen atoms in total. The summed E-state index contributed by atoms with van der Waals surface area (Å²) in [6, 6.07) is 0. The zero-order valence-corrected chi connectivity index (χ0v) is 11.1. The molecule has 0 radical (unpaired) electrons. The maximum absolute atomic E-state index is 12.5. The zero-order chi connectivity index (χ0) is 16.1. The molecule has 0 aliphatic heterocycles. The smallest absolute Gasteiger partial charge is 0.374 e. The van der Waals surface area contributed by atoms with Crippen molar-refractivity contribution in [2.75, 3.05) is 0 Å². The van der Waals surface area contributed by atoms with E-state index >= 15 is 0 Å². The molecule has 1 N–H and O–H groups in total. The number of alkyl halides is 6. The van der Waals surface area contributed by atoms with Crippen LogP contribution in [0.25, 0.3) is 0 Å². The molecule has 2 rings (SSSR count). The minimum absolute atomic E-state index is 0.0902. The van der Waals surface area contributed by atoms with Crippen molar-refractivity contribution in [1.29, 1.82) is 0 Å².